The number of imidazole rings is 1. The van der Waals surface area contributed by atoms with Crippen LogP contribution >= 0.6 is 0 Å². The van der Waals surface area contributed by atoms with E-state index in [0.717, 1.165) is 25.0 Å². The third-order valence-electron chi connectivity index (χ3n) is 5.18. The maximum atomic E-state index is 12.9. The summed E-state index contributed by atoms with van der Waals surface area (Å²) in [7, 11) is 0. The quantitative estimate of drug-likeness (QED) is 0.591. The summed E-state index contributed by atoms with van der Waals surface area (Å²) in [5.41, 5.74) is -0.339. The van der Waals surface area contributed by atoms with Crippen LogP contribution in [-0.4, -0.2) is 33.4 Å². The molecule has 2 heterocycles. The normalized spacial score (nSPS) is 15.2. The van der Waals surface area contributed by atoms with E-state index in [1.54, 1.807) is 41.7 Å². The van der Waals surface area contributed by atoms with Crippen LogP contribution in [0.25, 0.3) is 0 Å². The third kappa shape index (κ3) is 4.48. The fourth-order valence-electron chi connectivity index (χ4n) is 3.60. The maximum absolute atomic E-state index is 12.9. The maximum Gasteiger partial charge on any atom is 0.416 e. The van der Waals surface area contributed by atoms with Gasteiger partial charge in [0.1, 0.15) is 11.5 Å². The Hall–Kier alpha value is -3.29. The number of carbonyl (C=O) groups excluding carboxylic acids is 1. The summed E-state index contributed by atoms with van der Waals surface area (Å²) in [5, 5.41) is 0. The van der Waals surface area contributed by atoms with Crippen LogP contribution < -0.4 is 4.74 Å². The van der Waals surface area contributed by atoms with Crippen molar-refractivity contribution in [2.75, 3.05) is 13.1 Å². The van der Waals surface area contributed by atoms with E-state index in [9.17, 15) is 18.0 Å². The van der Waals surface area contributed by atoms with Gasteiger partial charge in [0.15, 0.2) is 0 Å². The molecule has 0 saturated carbocycles. The first-order valence-electron chi connectivity index (χ1n) is 9.62. The Bertz CT molecular complexity index is 1010. The number of benzene rings is 2. The molecule has 4 rings (SSSR count). The van der Waals surface area contributed by atoms with E-state index in [2.05, 4.69) is 9.55 Å². The van der Waals surface area contributed by atoms with Crippen molar-refractivity contribution in [2.24, 2.45) is 0 Å². The molecule has 3 aromatic rings. The van der Waals surface area contributed by atoms with E-state index in [4.69, 9.17) is 4.74 Å². The summed E-state index contributed by atoms with van der Waals surface area (Å²) in [6.45, 7) is 1.25. The van der Waals surface area contributed by atoms with Crippen molar-refractivity contribution in [3.05, 3.63) is 78.4 Å². The molecular weight excluding hydrogens is 395 g/mol. The molecular formula is C22H20F3N3O2. The van der Waals surface area contributed by atoms with Crippen LogP contribution in [-0.2, 0) is 6.18 Å². The van der Waals surface area contributed by atoms with Gasteiger partial charge in [0, 0.05) is 37.1 Å². The highest BCUT2D eigenvalue weighted by Gasteiger charge is 2.30. The van der Waals surface area contributed by atoms with Crippen molar-refractivity contribution in [1.82, 2.24) is 14.5 Å². The highest BCUT2D eigenvalue weighted by Crippen LogP contribution is 2.33. The number of carbonyl (C=O) groups is 1. The Labute approximate surface area is 171 Å². The Morgan fingerprint density at radius 2 is 1.73 bits per heavy atom. The molecule has 0 bridgehead atoms. The fourth-order valence-corrected chi connectivity index (χ4v) is 3.60. The average Bonchev–Trinajstić information content (AvgIpc) is 3.28. The summed E-state index contributed by atoms with van der Waals surface area (Å²) in [6, 6.07) is 11.5. The van der Waals surface area contributed by atoms with Crippen molar-refractivity contribution in [1.29, 1.82) is 0 Å². The van der Waals surface area contributed by atoms with Crippen LogP contribution in [0.3, 0.4) is 0 Å². The number of hydrogen-bond acceptors (Lipinski definition) is 3. The molecule has 0 N–H and O–H groups in total. The first kappa shape index (κ1) is 20.0. The van der Waals surface area contributed by atoms with Gasteiger partial charge in [-0.25, -0.2) is 4.98 Å². The summed E-state index contributed by atoms with van der Waals surface area (Å²) >= 11 is 0. The molecule has 1 aromatic heterocycles. The number of ether oxygens (including phenoxy) is 1. The zero-order valence-corrected chi connectivity index (χ0v) is 16.0. The fraction of sp³-hybridized carbons (Fsp3) is 0.273. The predicted molar refractivity (Wildman–Crippen MR) is 104 cm³/mol. The number of hydrogen-bond donors (Lipinski definition) is 0. The molecule has 0 aliphatic carbocycles. The molecule has 1 aliphatic heterocycles. The van der Waals surface area contributed by atoms with Crippen LogP contribution in [0.15, 0.2) is 67.3 Å². The van der Waals surface area contributed by atoms with E-state index >= 15 is 0 Å². The van der Waals surface area contributed by atoms with Crippen LogP contribution in [0.4, 0.5) is 13.2 Å². The lowest BCUT2D eigenvalue weighted by atomic mass is 10.0. The van der Waals surface area contributed by atoms with Gasteiger partial charge in [-0.05, 0) is 49.2 Å². The molecule has 0 radical (unpaired) electrons. The van der Waals surface area contributed by atoms with Crippen LogP contribution in [0, 0.1) is 0 Å². The van der Waals surface area contributed by atoms with Crippen LogP contribution in [0.1, 0.15) is 34.8 Å². The minimum Gasteiger partial charge on any atom is -0.457 e. The second kappa shape index (κ2) is 8.22. The van der Waals surface area contributed by atoms with E-state index in [0.29, 0.717) is 30.4 Å². The minimum atomic E-state index is -4.44. The molecule has 1 saturated heterocycles. The van der Waals surface area contributed by atoms with E-state index in [1.807, 2.05) is 6.20 Å². The van der Waals surface area contributed by atoms with Gasteiger partial charge in [-0.2, -0.15) is 13.2 Å². The van der Waals surface area contributed by atoms with Crippen LogP contribution in [0.5, 0.6) is 11.5 Å². The van der Waals surface area contributed by atoms with Crippen molar-refractivity contribution in [3.63, 3.8) is 0 Å². The highest BCUT2D eigenvalue weighted by molar-refractivity contribution is 5.94. The first-order valence-corrected chi connectivity index (χ1v) is 9.62. The third-order valence-corrected chi connectivity index (χ3v) is 5.18. The molecule has 0 unspecified atom stereocenters. The molecule has 1 aliphatic rings. The summed E-state index contributed by atoms with van der Waals surface area (Å²) in [6.07, 6.45) is 2.69. The van der Waals surface area contributed by atoms with Crippen molar-refractivity contribution < 1.29 is 22.7 Å². The first-order chi connectivity index (χ1) is 14.4. The number of rotatable bonds is 4. The Morgan fingerprint density at radius 1 is 1.03 bits per heavy atom. The molecule has 8 heteroatoms. The van der Waals surface area contributed by atoms with Gasteiger partial charge in [0.2, 0.25) is 0 Å². The number of alkyl halides is 3. The number of amides is 1. The zero-order valence-electron chi connectivity index (χ0n) is 16.0. The SMILES string of the molecule is O=C(c1cccc(Oc2cccc(C(F)(F)F)c2)c1)N1CCC(n2ccnc2)CC1. The predicted octanol–water partition coefficient (Wildman–Crippen LogP) is 5.17. The summed E-state index contributed by atoms with van der Waals surface area (Å²) < 4.78 is 46.3. The zero-order chi connectivity index (χ0) is 21.1. The monoisotopic (exact) mass is 415 g/mol. The van der Waals surface area contributed by atoms with E-state index < -0.39 is 11.7 Å². The molecule has 0 atom stereocenters. The molecule has 5 nitrogen and oxygen atoms in total. The summed E-state index contributed by atoms with van der Waals surface area (Å²) in [5.74, 6) is 0.262. The second-order valence-electron chi connectivity index (χ2n) is 7.19. The number of nitrogens with zero attached hydrogens (tertiary/aromatic N) is 3. The molecule has 30 heavy (non-hydrogen) atoms. The molecule has 1 amide bonds. The number of halogens is 3. The number of piperidine rings is 1. The lowest BCUT2D eigenvalue weighted by molar-refractivity contribution is -0.137. The van der Waals surface area contributed by atoms with Crippen molar-refractivity contribution >= 4 is 5.91 Å². The van der Waals surface area contributed by atoms with Gasteiger partial charge in [-0.1, -0.05) is 12.1 Å². The lowest BCUT2D eigenvalue weighted by Gasteiger charge is -2.32. The molecule has 1 fully saturated rings. The van der Waals surface area contributed by atoms with E-state index in [-0.39, 0.29) is 11.7 Å². The van der Waals surface area contributed by atoms with Gasteiger partial charge in [0.05, 0.1) is 11.9 Å². The molecule has 0 spiro atoms. The number of likely N-dealkylation sites (tertiary alicyclic amines) is 1. The largest absolute Gasteiger partial charge is 0.457 e. The Balaban J connectivity index is 1.43. The van der Waals surface area contributed by atoms with Crippen molar-refractivity contribution in [3.8, 4) is 11.5 Å². The van der Waals surface area contributed by atoms with Gasteiger partial charge < -0.3 is 14.2 Å². The summed E-state index contributed by atoms with van der Waals surface area (Å²) in [4.78, 5) is 18.7. The van der Waals surface area contributed by atoms with E-state index in [1.165, 1.54) is 12.1 Å². The van der Waals surface area contributed by atoms with Crippen molar-refractivity contribution in [2.45, 2.75) is 25.1 Å². The lowest BCUT2D eigenvalue weighted by Crippen LogP contribution is -2.38. The van der Waals surface area contributed by atoms with Crippen LogP contribution in [0.2, 0.25) is 0 Å². The molecule has 2 aromatic carbocycles. The average molecular weight is 415 g/mol. The second-order valence-corrected chi connectivity index (χ2v) is 7.19. The Morgan fingerprint density at radius 3 is 2.40 bits per heavy atom. The van der Waals surface area contributed by atoms with Gasteiger partial charge in [-0.15, -0.1) is 0 Å². The Kier molecular flexibility index (Phi) is 5.48. The highest BCUT2D eigenvalue weighted by atomic mass is 19.4. The number of aromatic nitrogens is 2. The van der Waals surface area contributed by atoms with Gasteiger partial charge >= 0.3 is 6.18 Å². The topological polar surface area (TPSA) is 47.4 Å². The van der Waals surface area contributed by atoms with Gasteiger partial charge in [0.25, 0.3) is 5.91 Å². The smallest absolute Gasteiger partial charge is 0.416 e. The minimum absolute atomic E-state index is 0.0653. The standard InChI is InChI=1S/C22H20F3N3O2/c23-22(24,25)17-4-2-6-20(14-17)30-19-5-1-3-16(13-19)21(29)27-10-7-18(8-11-27)28-12-9-26-15-28/h1-6,9,12-15,18H,7-8,10-11H2. The molecule has 156 valence electrons. The van der Waals surface area contributed by atoms with Gasteiger partial charge in [-0.3, -0.25) is 4.79 Å².